The van der Waals surface area contributed by atoms with Crippen LogP contribution in [0, 0.1) is 0 Å². The fourth-order valence-electron chi connectivity index (χ4n) is 12.2. The van der Waals surface area contributed by atoms with Gasteiger partial charge in [-0.1, -0.05) is 139 Å². The number of aromatic nitrogens is 4. The highest BCUT2D eigenvalue weighted by Crippen LogP contribution is 2.52. The Morgan fingerprint density at radius 3 is 1.67 bits per heavy atom. The standard InChI is InChI=1S/C63H46N4/c1-62(2,3)38-25-27-52-46(31-38)47-29-35-16-10-12-20-41(35)54-56-53(66(52)59(47)54)34-64-61-57(56)55-42-21-13-11-17-36(42)30-48-49-33-39(63(4,5)6)32-44(58(49)67(61)60(48)55)37-24-26-51-45(28-37)43-22-14-15-23-50(43)65(51)40-18-8-7-9-19-40/h7-34H,1-6H3. The molecular formula is C63H46N4. The van der Waals surface area contributed by atoms with Crippen LogP contribution in [0.3, 0.4) is 0 Å². The minimum Gasteiger partial charge on any atom is -0.309 e. The molecular weight excluding hydrogens is 813 g/mol. The zero-order chi connectivity index (χ0) is 44.8. The molecule has 0 fully saturated rings. The van der Waals surface area contributed by atoms with Crippen LogP contribution in [0.5, 0.6) is 0 Å². The topological polar surface area (TPSA) is 26.6 Å². The van der Waals surface area contributed by atoms with E-state index in [1.807, 2.05) is 0 Å². The first-order chi connectivity index (χ1) is 32.5. The molecule has 15 aromatic rings. The molecule has 0 radical (unpaired) electrons. The summed E-state index contributed by atoms with van der Waals surface area (Å²) in [6.45, 7) is 14.0. The first-order valence-electron chi connectivity index (χ1n) is 23.7. The lowest BCUT2D eigenvalue weighted by molar-refractivity contribution is 0.591. The highest BCUT2D eigenvalue weighted by molar-refractivity contribution is 6.42. The smallest absolute Gasteiger partial charge is 0.146 e. The Labute approximate surface area is 386 Å². The summed E-state index contributed by atoms with van der Waals surface area (Å²) in [6.07, 6.45) is 2.18. The average Bonchev–Trinajstić information content (AvgIpc) is 4.13. The van der Waals surface area contributed by atoms with E-state index >= 15 is 0 Å². The lowest BCUT2D eigenvalue weighted by atomic mass is 9.84. The Bertz CT molecular complexity index is 4620. The highest BCUT2D eigenvalue weighted by Gasteiger charge is 2.30. The van der Waals surface area contributed by atoms with Crippen molar-refractivity contribution in [1.29, 1.82) is 0 Å². The number of para-hydroxylation sites is 2. The summed E-state index contributed by atoms with van der Waals surface area (Å²) in [6, 6.07) is 61.7. The van der Waals surface area contributed by atoms with Gasteiger partial charge in [-0.2, -0.15) is 0 Å². The maximum absolute atomic E-state index is 5.67. The van der Waals surface area contributed by atoms with Crippen LogP contribution >= 0.6 is 0 Å². The third-order valence-corrected chi connectivity index (χ3v) is 15.4. The maximum Gasteiger partial charge on any atom is 0.146 e. The van der Waals surface area contributed by atoms with Crippen LogP contribution in [-0.4, -0.2) is 18.4 Å². The molecule has 0 atom stereocenters. The van der Waals surface area contributed by atoms with Crippen LogP contribution < -0.4 is 0 Å². The molecule has 0 amide bonds. The van der Waals surface area contributed by atoms with Gasteiger partial charge in [-0.3, -0.25) is 4.40 Å². The number of hydrogen-bond acceptors (Lipinski definition) is 1. The molecule has 6 aromatic heterocycles. The van der Waals surface area contributed by atoms with E-state index in [-0.39, 0.29) is 10.8 Å². The highest BCUT2D eigenvalue weighted by atomic mass is 15.0. The molecule has 6 heterocycles. The van der Waals surface area contributed by atoms with Crippen molar-refractivity contribution >= 4 is 120 Å². The number of hydrogen-bond donors (Lipinski definition) is 0. The quantitative estimate of drug-likeness (QED) is 0.170. The van der Waals surface area contributed by atoms with Crippen LogP contribution in [0.1, 0.15) is 52.7 Å². The summed E-state index contributed by atoms with van der Waals surface area (Å²) in [7, 11) is 0. The molecule has 0 unspecified atom stereocenters. The number of pyridine rings is 1. The monoisotopic (exact) mass is 858 g/mol. The van der Waals surface area contributed by atoms with Crippen molar-refractivity contribution < 1.29 is 0 Å². The molecule has 318 valence electrons. The van der Waals surface area contributed by atoms with Gasteiger partial charge < -0.3 is 8.97 Å². The second-order valence-corrected chi connectivity index (χ2v) is 21.2. The molecule has 4 nitrogen and oxygen atoms in total. The van der Waals surface area contributed by atoms with Crippen molar-refractivity contribution in [3.63, 3.8) is 0 Å². The van der Waals surface area contributed by atoms with Gasteiger partial charge in [0, 0.05) is 65.1 Å². The Kier molecular flexibility index (Phi) is 6.94. The largest absolute Gasteiger partial charge is 0.309 e. The summed E-state index contributed by atoms with van der Waals surface area (Å²) < 4.78 is 7.48. The van der Waals surface area contributed by atoms with E-state index in [1.165, 1.54) is 131 Å². The van der Waals surface area contributed by atoms with Crippen LogP contribution in [0.25, 0.3) is 136 Å². The first kappa shape index (κ1) is 37.3. The Morgan fingerprint density at radius 2 is 0.940 bits per heavy atom. The van der Waals surface area contributed by atoms with Crippen LogP contribution in [-0.2, 0) is 10.8 Å². The molecule has 0 spiro atoms. The summed E-state index contributed by atoms with van der Waals surface area (Å²) in [5.74, 6) is 0. The normalized spacial score (nSPS) is 13.2. The minimum atomic E-state index is -0.0881. The average molecular weight is 859 g/mol. The molecule has 4 heteroatoms. The van der Waals surface area contributed by atoms with Crippen molar-refractivity contribution in [3.8, 4) is 16.8 Å². The predicted octanol–water partition coefficient (Wildman–Crippen LogP) is 17.0. The van der Waals surface area contributed by atoms with E-state index in [1.54, 1.807) is 0 Å². The fraction of sp³-hybridized carbons (Fsp3) is 0.127. The minimum absolute atomic E-state index is 0.0297. The van der Waals surface area contributed by atoms with Crippen molar-refractivity contribution in [3.05, 3.63) is 181 Å². The van der Waals surface area contributed by atoms with Crippen molar-refractivity contribution in [2.75, 3.05) is 0 Å². The van der Waals surface area contributed by atoms with Crippen LogP contribution in [0.4, 0.5) is 0 Å². The molecule has 0 N–H and O–H groups in total. The molecule has 0 aliphatic heterocycles. The van der Waals surface area contributed by atoms with Crippen molar-refractivity contribution in [2.45, 2.75) is 52.4 Å². The van der Waals surface area contributed by atoms with Gasteiger partial charge in [0.05, 0.1) is 44.8 Å². The number of nitrogens with zero attached hydrogens (tertiary/aromatic N) is 4. The molecule has 0 saturated heterocycles. The summed E-state index contributed by atoms with van der Waals surface area (Å²) in [5, 5.41) is 17.8. The van der Waals surface area contributed by atoms with Gasteiger partial charge in [0.25, 0.3) is 0 Å². The lowest BCUT2D eigenvalue weighted by Gasteiger charge is -2.21. The van der Waals surface area contributed by atoms with E-state index < -0.39 is 0 Å². The van der Waals surface area contributed by atoms with Gasteiger partial charge in [0.2, 0.25) is 0 Å². The zero-order valence-corrected chi connectivity index (χ0v) is 38.5. The van der Waals surface area contributed by atoms with Gasteiger partial charge in [0.1, 0.15) is 5.65 Å². The lowest BCUT2D eigenvalue weighted by Crippen LogP contribution is -2.11. The van der Waals surface area contributed by atoms with E-state index in [2.05, 4.69) is 225 Å². The predicted molar refractivity (Wildman–Crippen MR) is 286 cm³/mol. The molecule has 0 aliphatic carbocycles. The van der Waals surface area contributed by atoms with Gasteiger partial charge >= 0.3 is 0 Å². The summed E-state index contributed by atoms with van der Waals surface area (Å²) in [4.78, 5) is 5.67. The van der Waals surface area contributed by atoms with E-state index in [4.69, 9.17) is 4.98 Å². The Balaban J connectivity index is 1.15. The van der Waals surface area contributed by atoms with Gasteiger partial charge in [-0.05, 0) is 116 Å². The Hall–Kier alpha value is -7.95. The molecule has 67 heavy (non-hydrogen) atoms. The van der Waals surface area contributed by atoms with Gasteiger partial charge in [-0.25, -0.2) is 4.98 Å². The van der Waals surface area contributed by atoms with Crippen molar-refractivity contribution in [1.82, 2.24) is 18.4 Å². The molecule has 0 aliphatic rings. The van der Waals surface area contributed by atoms with E-state index in [0.29, 0.717) is 0 Å². The summed E-state index contributed by atoms with van der Waals surface area (Å²) in [5.41, 5.74) is 15.7. The Morgan fingerprint density at radius 1 is 0.373 bits per heavy atom. The number of rotatable bonds is 2. The van der Waals surface area contributed by atoms with Crippen LogP contribution in [0.15, 0.2) is 170 Å². The zero-order valence-electron chi connectivity index (χ0n) is 38.5. The third-order valence-electron chi connectivity index (χ3n) is 15.4. The van der Waals surface area contributed by atoms with Crippen LogP contribution in [0.2, 0.25) is 0 Å². The van der Waals surface area contributed by atoms with E-state index in [0.717, 1.165) is 16.9 Å². The van der Waals surface area contributed by atoms with Gasteiger partial charge in [-0.15, -0.1) is 0 Å². The molecule has 0 saturated carbocycles. The molecule has 0 bridgehead atoms. The van der Waals surface area contributed by atoms with Gasteiger partial charge in [0.15, 0.2) is 0 Å². The third kappa shape index (κ3) is 4.74. The maximum atomic E-state index is 5.67. The van der Waals surface area contributed by atoms with E-state index in [9.17, 15) is 0 Å². The molecule has 15 rings (SSSR count). The molecule has 9 aromatic carbocycles. The number of fused-ring (bicyclic) bond motifs is 20. The first-order valence-corrected chi connectivity index (χ1v) is 23.7. The second-order valence-electron chi connectivity index (χ2n) is 21.2. The SMILES string of the molecule is CC(C)(C)c1ccc2c(c1)c1cc3ccccc3c3c4c5c6c7ccccc7cc7c8cc(C(C)(C)C)cc(-c9ccc%10c(c9)c9ccccc9n%10-c9ccccc9)c8n(c5ncc4n2c13)c76. The van der Waals surface area contributed by atoms with Crippen molar-refractivity contribution in [2.24, 2.45) is 0 Å². The number of benzene rings is 9. The second kappa shape index (κ2) is 12.5. The summed E-state index contributed by atoms with van der Waals surface area (Å²) >= 11 is 0. The fourth-order valence-corrected chi connectivity index (χ4v) is 12.2.